The Labute approximate surface area is 297 Å². The van der Waals surface area contributed by atoms with Crippen molar-refractivity contribution in [3.8, 4) is 22.8 Å². The number of fused-ring (bicyclic) bond motifs is 4. The number of carbonyl (C=O) groups excluding carboxylic acids is 3. The molecule has 49 heavy (non-hydrogen) atoms. The van der Waals surface area contributed by atoms with Crippen LogP contribution in [0.1, 0.15) is 38.5 Å². The van der Waals surface area contributed by atoms with Crippen molar-refractivity contribution >= 4 is 73.5 Å². The molecule has 2 saturated heterocycles. The van der Waals surface area contributed by atoms with Gasteiger partial charge in [-0.05, 0) is 67.5 Å². The number of unbranched alkanes of at least 4 members (excludes halogenated alkanes) is 1. The lowest BCUT2D eigenvalue weighted by atomic mass is 10.0. The van der Waals surface area contributed by atoms with E-state index in [9.17, 15) is 14.4 Å². The van der Waals surface area contributed by atoms with Crippen LogP contribution < -0.4 is 36.1 Å². The molecule has 6 rings (SSSR count). The van der Waals surface area contributed by atoms with E-state index in [4.69, 9.17) is 9.47 Å². The van der Waals surface area contributed by atoms with Crippen LogP contribution in [0, 0.1) is 0 Å². The Morgan fingerprint density at radius 3 is 2.51 bits per heavy atom. The lowest BCUT2D eigenvalue weighted by Gasteiger charge is -2.16. The molecular formula is C34H43N7O5S3. The van der Waals surface area contributed by atoms with Crippen LogP contribution in [-0.2, 0) is 9.59 Å². The zero-order chi connectivity index (χ0) is 34.2. The molecule has 0 radical (unpaired) electrons. The average Bonchev–Trinajstić information content (AvgIpc) is 3.86. The van der Waals surface area contributed by atoms with E-state index in [1.54, 1.807) is 35.8 Å². The maximum Gasteiger partial charge on any atom is 0.315 e. The molecule has 2 aromatic carbocycles. The van der Waals surface area contributed by atoms with E-state index in [1.165, 1.54) is 0 Å². The van der Waals surface area contributed by atoms with Gasteiger partial charge < -0.3 is 36.1 Å². The number of anilines is 2. The summed E-state index contributed by atoms with van der Waals surface area (Å²) in [5.41, 5.74) is 2.98. The number of methoxy groups -OCH3 is 2. The number of urea groups is 1. The molecule has 3 heterocycles. The smallest absolute Gasteiger partial charge is 0.315 e. The number of rotatable bonds is 18. The van der Waals surface area contributed by atoms with Gasteiger partial charge in [0.2, 0.25) is 11.8 Å². The molecule has 4 amide bonds. The summed E-state index contributed by atoms with van der Waals surface area (Å²) in [6.45, 7) is 1.21. The van der Waals surface area contributed by atoms with E-state index in [0.29, 0.717) is 48.4 Å². The zero-order valence-electron chi connectivity index (χ0n) is 27.6. The molecule has 3 unspecified atom stereocenters. The quantitative estimate of drug-likeness (QED) is 0.0380. The molecule has 0 bridgehead atoms. The minimum Gasteiger partial charge on any atom is -0.493 e. The van der Waals surface area contributed by atoms with Crippen LogP contribution in [-0.4, -0.2) is 84.2 Å². The first-order chi connectivity index (χ1) is 23.9. The predicted molar refractivity (Wildman–Crippen MR) is 200 cm³/mol. The van der Waals surface area contributed by atoms with Gasteiger partial charge in [0.05, 0.1) is 32.0 Å². The van der Waals surface area contributed by atoms with Gasteiger partial charge in [-0.15, -0.1) is 0 Å². The predicted octanol–water partition coefficient (Wildman–Crippen LogP) is 5.84. The highest BCUT2D eigenvalue weighted by atomic mass is 33.1. The molecular weight excluding hydrogens is 683 g/mol. The van der Waals surface area contributed by atoms with Crippen LogP contribution in [0.3, 0.4) is 0 Å². The topological polar surface area (TPSA) is 161 Å². The van der Waals surface area contributed by atoms with Crippen molar-refractivity contribution in [1.29, 1.82) is 0 Å². The number of amides is 4. The number of benzene rings is 2. The van der Waals surface area contributed by atoms with Gasteiger partial charge in [0.25, 0.3) is 0 Å². The molecule has 0 saturated carbocycles. The summed E-state index contributed by atoms with van der Waals surface area (Å²) in [4.78, 5) is 37.1. The van der Waals surface area contributed by atoms with Crippen molar-refractivity contribution in [2.45, 2.75) is 60.8 Å². The van der Waals surface area contributed by atoms with Crippen molar-refractivity contribution < 1.29 is 23.9 Å². The standard InChI is InChI=1S/C34H43N7O5S3/c1-45-26-16-20-15-24-31(23(20)18-27(26)46-2)40-41-33(24)37-21-7-5-8-22(17-21)49-48-14-11-30(43)36-13-4-3-12-35-29(42)10-6-9-28-32-25(19-47-28)38-34(44)39-32/h5,7-8,15-18,25,28,32,37,40-41H,3-4,6,9-14,19H2,1-2H3,(H,35,42)(H,36,43)(H2,38,39,44). The first-order valence-electron chi connectivity index (χ1n) is 16.5. The van der Waals surface area contributed by atoms with Crippen molar-refractivity contribution in [2.75, 3.05) is 44.1 Å². The molecule has 0 aromatic heterocycles. The third kappa shape index (κ3) is 8.86. The maximum absolute atomic E-state index is 12.3. The van der Waals surface area contributed by atoms with Crippen molar-refractivity contribution in [2.24, 2.45) is 0 Å². The summed E-state index contributed by atoms with van der Waals surface area (Å²) in [6.07, 6.45) is 4.31. The number of H-pyrrole nitrogens is 2. The number of thioether (sulfide) groups is 1. The van der Waals surface area contributed by atoms with Crippen LogP contribution in [0.25, 0.3) is 22.0 Å². The van der Waals surface area contributed by atoms with Gasteiger partial charge in [0, 0.05) is 64.2 Å². The monoisotopic (exact) mass is 725 g/mol. The minimum atomic E-state index is -0.0788. The van der Waals surface area contributed by atoms with Crippen LogP contribution >= 0.6 is 33.3 Å². The summed E-state index contributed by atoms with van der Waals surface area (Å²) >= 11 is 1.87. The Bertz CT molecular complexity index is 1730. The molecule has 0 spiro atoms. The van der Waals surface area contributed by atoms with Crippen LogP contribution in [0.5, 0.6) is 11.5 Å². The fourth-order valence-corrected chi connectivity index (χ4v) is 9.79. The highest BCUT2D eigenvalue weighted by Gasteiger charge is 2.42. The average molecular weight is 726 g/mol. The fraction of sp³-hybridized carbons (Fsp3) is 0.441. The normalized spacial score (nSPS) is 18.2. The first-order valence-corrected chi connectivity index (χ1v) is 19.9. The van der Waals surface area contributed by atoms with E-state index >= 15 is 0 Å². The van der Waals surface area contributed by atoms with Gasteiger partial charge in [0.1, 0.15) is 5.82 Å². The molecule has 262 valence electrons. The van der Waals surface area contributed by atoms with Gasteiger partial charge in [-0.2, -0.15) is 11.8 Å². The third-order valence-electron chi connectivity index (χ3n) is 8.73. The highest BCUT2D eigenvalue weighted by molar-refractivity contribution is 8.76. The largest absolute Gasteiger partial charge is 0.493 e. The molecule has 4 aliphatic rings. The lowest BCUT2D eigenvalue weighted by molar-refractivity contribution is -0.122. The van der Waals surface area contributed by atoms with E-state index in [1.807, 2.05) is 36.0 Å². The van der Waals surface area contributed by atoms with Gasteiger partial charge in [0.15, 0.2) is 11.5 Å². The molecule has 7 N–H and O–H groups in total. The fourth-order valence-electron chi connectivity index (χ4n) is 6.23. The highest BCUT2D eigenvalue weighted by Crippen LogP contribution is 2.43. The van der Waals surface area contributed by atoms with Gasteiger partial charge in [-0.25, -0.2) is 4.79 Å². The minimum absolute atomic E-state index is 0.0394. The Balaban J connectivity index is 0.827. The van der Waals surface area contributed by atoms with Gasteiger partial charge in [-0.1, -0.05) is 27.7 Å². The second-order valence-corrected chi connectivity index (χ2v) is 15.8. The number of aromatic nitrogens is 2. The third-order valence-corrected chi connectivity index (χ3v) is 12.6. The molecule has 2 aromatic rings. The van der Waals surface area contributed by atoms with E-state index < -0.39 is 0 Å². The Morgan fingerprint density at radius 1 is 0.939 bits per heavy atom. The number of hydrogen-bond acceptors (Lipinski definition) is 9. The summed E-state index contributed by atoms with van der Waals surface area (Å²) in [5.74, 6) is 3.98. The molecule has 12 nitrogen and oxygen atoms in total. The van der Waals surface area contributed by atoms with Crippen molar-refractivity contribution in [1.82, 2.24) is 31.5 Å². The number of nitrogens with one attached hydrogen (secondary N) is 7. The summed E-state index contributed by atoms with van der Waals surface area (Å²) in [7, 11) is 6.57. The Hall–Kier alpha value is -3.82. The van der Waals surface area contributed by atoms with Gasteiger partial charge in [-0.3, -0.25) is 19.8 Å². The van der Waals surface area contributed by atoms with Crippen LogP contribution in [0.2, 0.25) is 0 Å². The lowest BCUT2D eigenvalue weighted by Crippen LogP contribution is -2.37. The first kappa shape index (κ1) is 35.0. The maximum atomic E-state index is 12.3. The van der Waals surface area contributed by atoms with E-state index in [-0.39, 0.29) is 29.9 Å². The molecule has 1 aliphatic carbocycles. The van der Waals surface area contributed by atoms with E-state index in [2.05, 4.69) is 55.0 Å². The summed E-state index contributed by atoms with van der Waals surface area (Å²) in [5, 5.41) is 24.4. The molecule has 15 heteroatoms. The van der Waals surface area contributed by atoms with Crippen LogP contribution in [0.15, 0.2) is 47.4 Å². The molecule has 2 fully saturated rings. The summed E-state index contributed by atoms with van der Waals surface area (Å²) in [6, 6.07) is 14.6. The molecule has 3 aliphatic heterocycles. The second kappa shape index (κ2) is 16.7. The number of aromatic amines is 2. The second-order valence-electron chi connectivity index (χ2n) is 12.1. The number of ether oxygens (including phenoxy) is 2. The van der Waals surface area contributed by atoms with Crippen molar-refractivity contribution in [3.63, 3.8) is 0 Å². The SMILES string of the molecule is COc1cc2cc3c(Nc4cccc(SSCCC(=O)NCCCCNC(=O)CCCC5SCC6NC(=O)NC65)c4)[nH][nH]c-3c2cc1OC. The Morgan fingerprint density at radius 2 is 1.71 bits per heavy atom. The van der Waals surface area contributed by atoms with E-state index in [0.717, 1.165) is 69.9 Å². The zero-order valence-corrected chi connectivity index (χ0v) is 30.1. The molecule has 3 atom stereocenters. The summed E-state index contributed by atoms with van der Waals surface area (Å²) < 4.78 is 11.0. The van der Waals surface area contributed by atoms with Gasteiger partial charge >= 0.3 is 6.03 Å². The van der Waals surface area contributed by atoms with Crippen LogP contribution in [0.4, 0.5) is 16.3 Å². The Kier molecular flexibility index (Phi) is 12.0. The number of carbonyl (C=O) groups is 3. The van der Waals surface area contributed by atoms with Crippen molar-refractivity contribution in [3.05, 3.63) is 42.5 Å². The number of hydrogen-bond donors (Lipinski definition) is 7.